The van der Waals surface area contributed by atoms with E-state index in [1.807, 2.05) is 12.1 Å². The zero-order chi connectivity index (χ0) is 19.3. The Labute approximate surface area is 164 Å². The predicted octanol–water partition coefficient (Wildman–Crippen LogP) is 3.10. The molecule has 2 fully saturated rings. The maximum absolute atomic E-state index is 13.0. The summed E-state index contributed by atoms with van der Waals surface area (Å²) in [7, 11) is 0. The Morgan fingerprint density at radius 3 is 2.71 bits per heavy atom. The van der Waals surface area contributed by atoms with Crippen molar-refractivity contribution in [2.24, 2.45) is 0 Å². The van der Waals surface area contributed by atoms with Gasteiger partial charge in [0.05, 0.1) is 18.3 Å². The summed E-state index contributed by atoms with van der Waals surface area (Å²) in [5.74, 6) is 0.148. The van der Waals surface area contributed by atoms with Crippen molar-refractivity contribution in [2.45, 2.75) is 44.2 Å². The third kappa shape index (κ3) is 4.77. The molecule has 6 nitrogen and oxygen atoms in total. The molecule has 7 heteroatoms. The van der Waals surface area contributed by atoms with Gasteiger partial charge in [0, 0.05) is 25.1 Å². The number of nitrogens with zero attached hydrogens (tertiary/aromatic N) is 2. The SMILES string of the molecule is O=C(N[C@@H]1CCCOC1)c1cc(C2CCN(Cc3ccc(F)cc3)CC2)no1. The average Bonchev–Trinajstić information content (AvgIpc) is 3.22. The number of carbonyl (C=O) groups excluding carboxylic acids is 1. The molecule has 1 aromatic heterocycles. The summed E-state index contributed by atoms with van der Waals surface area (Å²) in [5, 5.41) is 7.10. The number of rotatable bonds is 5. The Morgan fingerprint density at radius 1 is 1.21 bits per heavy atom. The molecule has 2 aliphatic rings. The first-order valence-corrected chi connectivity index (χ1v) is 9.99. The quantitative estimate of drug-likeness (QED) is 0.854. The lowest BCUT2D eigenvalue weighted by Gasteiger charge is -2.31. The minimum Gasteiger partial charge on any atom is -0.379 e. The van der Waals surface area contributed by atoms with Gasteiger partial charge in [0.1, 0.15) is 5.82 Å². The number of aromatic nitrogens is 1. The minimum absolute atomic E-state index is 0.0458. The van der Waals surface area contributed by atoms with Crippen molar-refractivity contribution in [2.75, 3.05) is 26.3 Å². The predicted molar refractivity (Wildman–Crippen MR) is 101 cm³/mol. The van der Waals surface area contributed by atoms with Gasteiger partial charge in [-0.3, -0.25) is 9.69 Å². The molecule has 1 N–H and O–H groups in total. The Balaban J connectivity index is 1.27. The van der Waals surface area contributed by atoms with Crippen molar-refractivity contribution in [3.8, 4) is 0 Å². The molecule has 4 rings (SSSR count). The van der Waals surface area contributed by atoms with Gasteiger partial charge in [-0.1, -0.05) is 17.3 Å². The second kappa shape index (κ2) is 8.84. The van der Waals surface area contributed by atoms with E-state index in [0.29, 0.717) is 12.5 Å². The molecule has 2 aliphatic heterocycles. The zero-order valence-corrected chi connectivity index (χ0v) is 15.9. The number of halogens is 1. The first-order valence-electron chi connectivity index (χ1n) is 9.99. The third-order valence-electron chi connectivity index (χ3n) is 5.57. The van der Waals surface area contributed by atoms with Crippen LogP contribution in [0.4, 0.5) is 4.39 Å². The number of hydrogen-bond acceptors (Lipinski definition) is 5. The van der Waals surface area contributed by atoms with Crippen molar-refractivity contribution in [1.29, 1.82) is 0 Å². The maximum atomic E-state index is 13.0. The molecular weight excluding hydrogens is 361 g/mol. The Hall–Kier alpha value is -2.25. The maximum Gasteiger partial charge on any atom is 0.290 e. The lowest BCUT2D eigenvalue weighted by Crippen LogP contribution is -2.40. The molecule has 150 valence electrons. The van der Waals surface area contributed by atoms with Crippen LogP contribution in [0.25, 0.3) is 0 Å². The molecule has 28 heavy (non-hydrogen) atoms. The minimum atomic E-state index is -0.219. The summed E-state index contributed by atoms with van der Waals surface area (Å²) in [6, 6.07) is 8.50. The topological polar surface area (TPSA) is 67.6 Å². The van der Waals surface area contributed by atoms with Crippen LogP contribution in [0.3, 0.4) is 0 Å². The van der Waals surface area contributed by atoms with Gasteiger partial charge >= 0.3 is 0 Å². The Kier molecular flexibility index (Phi) is 6.02. The van der Waals surface area contributed by atoms with E-state index in [-0.39, 0.29) is 23.5 Å². The van der Waals surface area contributed by atoms with E-state index in [1.54, 1.807) is 6.07 Å². The van der Waals surface area contributed by atoms with E-state index >= 15 is 0 Å². The lowest BCUT2D eigenvalue weighted by atomic mass is 9.93. The second-order valence-electron chi connectivity index (χ2n) is 7.68. The zero-order valence-electron chi connectivity index (χ0n) is 15.9. The molecule has 0 aliphatic carbocycles. The highest BCUT2D eigenvalue weighted by Crippen LogP contribution is 2.28. The van der Waals surface area contributed by atoms with Gasteiger partial charge in [0.15, 0.2) is 0 Å². The van der Waals surface area contributed by atoms with Crippen LogP contribution in [0.15, 0.2) is 34.9 Å². The van der Waals surface area contributed by atoms with E-state index in [9.17, 15) is 9.18 Å². The molecule has 0 saturated carbocycles. The number of likely N-dealkylation sites (tertiary alicyclic amines) is 1. The Morgan fingerprint density at radius 2 is 2.00 bits per heavy atom. The van der Waals surface area contributed by atoms with E-state index in [0.717, 1.165) is 63.2 Å². The molecule has 3 heterocycles. The van der Waals surface area contributed by atoms with Gasteiger partial charge in [-0.25, -0.2) is 4.39 Å². The summed E-state index contributed by atoms with van der Waals surface area (Å²) in [4.78, 5) is 14.7. The van der Waals surface area contributed by atoms with Crippen LogP contribution in [0.5, 0.6) is 0 Å². The highest BCUT2D eigenvalue weighted by Gasteiger charge is 2.26. The lowest BCUT2D eigenvalue weighted by molar-refractivity contribution is 0.0608. The average molecular weight is 387 g/mol. The monoisotopic (exact) mass is 387 g/mol. The molecule has 2 saturated heterocycles. The first kappa shape index (κ1) is 19.1. The fourth-order valence-electron chi connectivity index (χ4n) is 3.93. The molecular formula is C21H26FN3O3. The van der Waals surface area contributed by atoms with E-state index in [1.165, 1.54) is 12.1 Å². The van der Waals surface area contributed by atoms with Crippen LogP contribution in [-0.2, 0) is 11.3 Å². The molecule has 0 radical (unpaired) electrons. The number of nitrogens with one attached hydrogen (secondary N) is 1. The van der Waals surface area contributed by atoms with Crippen LogP contribution in [0, 0.1) is 5.82 Å². The second-order valence-corrected chi connectivity index (χ2v) is 7.68. The standard InChI is InChI=1S/C21H26FN3O3/c22-17-5-3-15(4-6-17)13-25-9-7-16(8-10-25)19-12-20(28-24-19)21(26)23-18-2-1-11-27-14-18/h3-6,12,16,18H,1-2,7-11,13-14H2,(H,23,26)/t18-/m1/s1. The van der Waals surface area contributed by atoms with Crippen LogP contribution in [0.1, 0.15) is 53.4 Å². The Bertz CT molecular complexity index is 778. The van der Waals surface area contributed by atoms with Gasteiger partial charge in [-0.05, 0) is 56.5 Å². The van der Waals surface area contributed by atoms with Crippen molar-refractivity contribution < 1.29 is 18.4 Å². The number of amides is 1. The third-order valence-corrected chi connectivity index (χ3v) is 5.57. The number of hydrogen-bond donors (Lipinski definition) is 1. The van der Waals surface area contributed by atoms with Gasteiger partial charge in [0.2, 0.25) is 5.76 Å². The van der Waals surface area contributed by atoms with Crippen molar-refractivity contribution in [1.82, 2.24) is 15.4 Å². The smallest absolute Gasteiger partial charge is 0.290 e. The summed E-state index contributed by atoms with van der Waals surface area (Å²) >= 11 is 0. The van der Waals surface area contributed by atoms with Gasteiger partial charge in [-0.15, -0.1) is 0 Å². The van der Waals surface area contributed by atoms with Gasteiger partial charge < -0.3 is 14.6 Å². The first-order chi connectivity index (χ1) is 13.7. The summed E-state index contributed by atoms with van der Waals surface area (Å²) in [6.07, 6.45) is 3.82. The van der Waals surface area contributed by atoms with Crippen LogP contribution < -0.4 is 5.32 Å². The molecule has 0 bridgehead atoms. The molecule has 2 aromatic rings. The molecule has 1 amide bonds. The fraction of sp³-hybridized carbons (Fsp3) is 0.524. The highest BCUT2D eigenvalue weighted by molar-refractivity contribution is 5.91. The molecule has 1 aromatic carbocycles. The fourth-order valence-corrected chi connectivity index (χ4v) is 3.93. The van der Waals surface area contributed by atoms with Crippen LogP contribution in [0.2, 0.25) is 0 Å². The normalized spacial score (nSPS) is 21.5. The summed E-state index contributed by atoms with van der Waals surface area (Å²) < 4.78 is 23.7. The van der Waals surface area contributed by atoms with Crippen LogP contribution >= 0.6 is 0 Å². The largest absolute Gasteiger partial charge is 0.379 e. The highest BCUT2D eigenvalue weighted by atomic mass is 19.1. The number of ether oxygens (including phenoxy) is 1. The summed E-state index contributed by atoms with van der Waals surface area (Å²) in [6.45, 7) is 4.02. The van der Waals surface area contributed by atoms with Crippen molar-refractivity contribution in [3.05, 3.63) is 53.2 Å². The number of benzene rings is 1. The number of piperidine rings is 1. The van der Waals surface area contributed by atoms with Gasteiger partial charge in [0.25, 0.3) is 5.91 Å². The van der Waals surface area contributed by atoms with Gasteiger partial charge in [-0.2, -0.15) is 0 Å². The van der Waals surface area contributed by atoms with E-state index in [2.05, 4.69) is 15.4 Å². The molecule has 0 spiro atoms. The number of carbonyl (C=O) groups is 1. The van der Waals surface area contributed by atoms with E-state index < -0.39 is 0 Å². The molecule has 0 unspecified atom stereocenters. The van der Waals surface area contributed by atoms with E-state index in [4.69, 9.17) is 9.26 Å². The summed E-state index contributed by atoms with van der Waals surface area (Å²) in [5.41, 5.74) is 1.97. The van der Waals surface area contributed by atoms with Crippen molar-refractivity contribution >= 4 is 5.91 Å². The molecule has 1 atom stereocenters. The van der Waals surface area contributed by atoms with Crippen molar-refractivity contribution in [3.63, 3.8) is 0 Å². The van der Waals surface area contributed by atoms with Crippen LogP contribution in [-0.4, -0.2) is 48.3 Å².